The lowest BCUT2D eigenvalue weighted by atomic mass is 9.92. The summed E-state index contributed by atoms with van der Waals surface area (Å²) in [6, 6.07) is 10.3. The molecule has 0 fully saturated rings. The Kier molecular flexibility index (Phi) is 10.6. The minimum absolute atomic E-state index is 0.00608. The van der Waals surface area contributed by atoms with Gasteiger partial charge in [0.1, 0.15) is 5.75 Å². The molecule has 3 rings (SSSR count). The molecule has 0 unspecified atom stereocenters. The predicted molar refractivity (Wildman–Crippen MR) is 138 cm³/mol. The summed E-state index contributed by atoms with van der Waals surface area (Å²) in [4.78, 5) is 12.5. The van der Waals surface area contributed by atoms with Crippen LogP contribution in [0.15, 0.2) is 65.3 Å². The molecule has 9 nitrogen and oxygen atoms in total. The summed E-state index contributed by atoms with van der Waals surface area (Å²) in [6.45, 7) is -1.03. The normalized spacial score (nSPS) is 17.5. The Morgan fingerprint density at radius 2 is 1.85 bits per heavy atom. The Labute approximate surface area is 230 Å². The van der Waals surface area contributed by atoms with Crippen LogP contribution in [0.5, 0.6) is 5.75 Å². The van der Waals surface area contributed by atoms with Gasteiger partial charge in [-0.2, -0.15) is 17.5 Å². The standard InChI is InChI=1S/C27H29F3N2O7S/c1-3-12-31-26(34)24-17-20(19-4-6-21(7-5-19)27(28,29)30)18-25(39-24)38-16-14-32(13-15-33)40(35,36)23-10-8-22(37-2)9-11-23/h1,4-11,17,20,25,33H,12-16,18H2,2H3,(H,31,34)/t20-,25+/m0/s1. The molecule has 2 atom stereocenters. The summed E-state index contributed by atoms with van der Waals surface area (Å²) in [5, 5.41) is 11.9. The van der Waals surface area contributed by atoms with E-state index < -0.39 is 46.5 Å². The number of hydrogen-bond donors (Lipinski definition) is 2. The lowest BCUT2D eigenvalue weighted by molar-refractivity contribution is -0.146. The van der Waals surface area contributed by atoms with Crippen molar-refractivity contribution in [1.29, 1.82) is 0 Å². The number of ether oxygens (including phenoxy) is 3. The van der Waals surface area contributed by atoms with E-state index in [0.717, 1.165) is 16.4 Å². The second-order valence-electron chi connectivity index (χ2n) is 8.60. The van der Waals surface area contributed by atoms with Gasteiger partial charge >= 0.3 is 6.18 Å². The molecule has 2 aromatic carbocycles. The number of rotatable bonds is 12. The van der Waals surface area contributed by atoms with E-state index in [2.05, 4.69) is 11.2 Å². The van der Waals surface area contributed by atoms with Crippen LogP contribution in [0.1, 0.15) is 23.5 Å². The van der Waals surface area contributed by atoms with Crippen molar-refractivity contribution in [2.24, 2.45) is 0 Å². The molecule has 0 saturated heterocycles. The number of halogens is 3. The van der Waals surface area contributed by atoms with E-state index in [9.17, 15) is 31.5 Å². The van der Waals surface area contributed by atoms with Gasteiger partial charge in [0.15, 0.2) is 5.76 Å². The second-order valence-corrected chi connectivity index (χ2v) is 10.5. The maximum Gasteiger partial charge on any atom is 0.416 e. The number of alkyl halides is 3. The van der Waals surface area contributed by atoms with Gasteiger partial charge in [-0.1, -0.05) is 18.1 Å². The molecule has 13 heteroatoms. The Morgan fingerprint density at radius 1 is 1.18 bits per heavy atom. The van der Waals surface area contributed by atoms with Gasteiger partial charge < -0.3 is 24.6 Å². The number of methoxy groups -OCH3 is 1. The number of terminal acetylenes is 1. The minimum Gasteiger partial charge on any atom is -0.497 e. The molecule has 1 aliphatic rings. The van der Waals surface area contributed by atoms with Gasteiger partial charge in [-0.15, -0.1) is 6.42 Å². The first-order valence-electron chi connectivity index (χ1n) is 12.1. The fraction of sp³-hybridized carbons (Fsp3) is 0.370. The molecule has 0 radical (unpaired) electrons. The van der Waals surface area contributed by atoms with Crippen LogP contribution >= 0.6 is 0 Å². The van der Waals surface area contributed by atoms with Crippen molar-refractivity contribution in [2.75, 3.05) is 40.0 Å². The minimum atomic E-state index is -4.50. The molecule has 2 aromatic rings. The van der Waals surface area contributed by atoms with Crippen LogP contribution < -0.4 is 10.1 Å². The topological polar surface area (TPSA) is 114 Å². The highest BCUT2D eigenvalue weighted by Crippen LogP contribution is 2.34. The number of aliphatic hydroxyl groups excluding tert-OH is 1. The third kappa shape index (κ3) is 7.98. The first-order valence-corrected chi connectivity index (χ1v) is 13.6. The average molecular weight is 583 g/mol. The van der Waals surface area contributed by atoms with E-state index in [4.69, 9.17) is 20.6 Å². The SMILES string of the molecule is C#CCNC(=O)C1=C[C@H](c2ccc(C(F)(F)F)cc2)C[C@H](OCCN(CCO)S(=O)(=O)c2ccc(OC)cc2)O1. The smallest absolute Gasteiger partial charge is 0.416 e. The summed E-state index contributed by atoms with van der Waals surface area (Å²) in [7, 11) is -2.53. The van der Waals surface area contributed by atoms with Gasteiger partial charge in [0.2, 0.25) is 16.3 Å². The van der Waals surface area contributed by atoms with Gasteiger partial charge in [0, 0.05) is 25.4 Å². The lowest BCUT2D eigenvalue weighted by Crippen LogP contribution is -2.38. The average Bonchev–Trinajstić information content (AvgIpc) is 2.94. The number of sulfonamides is 1. The first kappa shape index (κ1) is 31.0. The van der Waals surface area contributed by atoms with Crippen molar-refractivity contribution >= 4 is 15.9 Å². The molecular formula is C27H29F3N2O7S. The molecule has 0 aromatic heterocycles. The molecule has 0 bridgehead atoms. The number of nitrogens with one attached hydrogen (secondary N) is 1. The number of nitrogens with zero attached hydrogens (tertiary/aromatic N) is 1. The summed E-state index contributed by atoms with van der Waals surface area (Å²) in [6.07, 6.45) is 1.28. The Bertz CT molecular complexity index is 1320. The van der Waals surface area contributed by atoms with Crippen LogP contribution in [0.3, 0.4) is 0 Å². The van der Waals surface area contributed by atoms with E-state index in [0.29, 0.717) is 11.3 Å². The van der Waals surface area contributed by atoms with E-state index in [1.54, 1.807) is 0 Å². The van der Waals surface area contributed by atoms with E-state index >= 15 is 0 Å². The molecule has 1 heterocycles. The molecule has 2 N–H and O–H groups in total. The van der Waals surface area contributed by atoms with E-state index in [1.165, 1.54) is 49.6 Å². The molecule has 216 valence electrons. The van der Waals surface area contributed by atoms with Gasteiger partial charge in [0.25, 0.3) is 5.91 Å². The summed E-state index contributed by atoms with van der Waals surface area (Å²) in [5.41, 5.74) is -0.315. The fourth-order valence-electron chi connectivity index (χ4n) is 3.93. The van der Waals surface area contributed by atoms with Gasteiger partial charge in [0.05, 0.1) is 37.3 Å². The van der Waals surface area contributed by atoms with Crippen molar-refractivity contribution in [3.63, 3.8) is 0 Å². The third-order valence-corrected chi connectivity index (χ3v) is 7.90. The monoisotopic (exact) mass is 582 g/mol. The molecule has 0 aliphatic carbocycles. The van der Waals surface area contributed by atoms with Crippen LogP contribution in [-0.2, 0) is 30.5 Å². The zero-order valence-corrected chi connectivity index (χ0v) is 22.4. The zero-order valence-electron chi connectivity index (χ0n) is 21.6. The quantitative estimate of drug-likeness (QED) is 0.370. The number of allylic oxidation sites excluding steroid dienone is 1. The van der Waals surface area contributed by atoms with Gasteiger partial charge in [-0.3, -0.25) is 4.79 Å². The second kappa shape index (κ2) is 13.7. The number of amides is 1. The van der Waals surface area contributed by atoms with Crippen LogP contribution in [0.25, 0.3) is 0 Å². The highest BCUT2D eigenvalue weighted by atomic mass is 32.2. The summed E-state index contributed by atoms with van der Waals surface area (Å²) >= 11 is 0. The molecule has 0 saturated carbocycles. The van der Waals surface area contributed by atoms with E-state index in [-0.39, 0.29) is 43.3 Å². The van der Waals surface area contributed by atoms with Crippen LogP contribution in [0.4, 0.5) is 13.2 Å². The molecule has 40 heavy (non-hydrogen) atoms. The maximum absolute atomic E-state index is 13.1. The first-order chi connectivity index (χ1) is 19.0. The number of carbonyl (C=O) groups excluding carboxylic acids is 1. The highest BCUT2D eigenvalue weighted by Gasteiger charge is 2.32. The van der Waals surface area contributed by atoms with Crippen molar-refractivity contribution in [3.8, 4) is 18.1 Å². The summed E-state index contributed by atoms with van der Waals surface area (Å²) in [5.74, 6) is 1.44. The van der Waals surface area contributed by atoms with Crippen molar-refractivity contribution in [1.82, 2.24) is 9.62 Å². The van der Waals surface area contributed by atoms with E-state index in [1.807, 2.05) is 0 Å². The summed E-state index contributed by atoms with van der Waals surface area (Å²) < 4.78 is 82.8. The van der Waals surface area contributed by atoms with Gasteiger partial charge in [-0.25, -0.2) is 8.42 Å². The number of benzene rings is 2. The lowest BCUT2D eigenvalue weighted by Gasteiger charge is -2.30. The third-order valence-electron chi connectivity index (χ3n) is 5.99. The van der Waals surface area contributed by atoms with Crippen LogP contribution in [-0.4, -0.2) is 70.0 Å². The molecule has 0 spiro atoms. The Balaban J connectivity index is 1.74. The molecular weight excluding hydrogens is 553 g/mol. The van der Waals surface area contributed by atoms with Crippen molar-refractivity contribution in [3.05, 3.63) is 71.5 Å². The number of carbonyl (C=O) groups is 1. The number of hydrogen-bond acceptors (Lipinski definition) is 7. The Hall–Kier alpha value is -3.57. The van der Waals surface area contributed by atoms with Crippen LogP contribution in [0, 0.1) is 12.3 Å². The van der Waals surface area contributed by atoms with Gasteiger partial charge in [-0.05, 0) is 48.0 Å². The van der Waals surface area contributed by atoms with Crippen molar-refractivity contribution in [2.45, 2.75) is 29.7 Å². The maximum atomic E-state index is 13.1. The zero-order chi connectivity index (χ0) is 29.3. The number of aliphatic hydroxyl groups is 1. The Morgan fingerprint density at radius 3 is 2.42 bits per heavy atom. The fourth-order valence-corrected chi connectivity index (χ4v) is 5.35. The molecule has 1 aliphatic heterocycles. The predicted octanol–water partition coefficient (Wildman–Crippen LogP) is 2.88. The van der Waals surface area contributed by atoms with Crippen LogP contribution in [0.2, 0.25) is 0 Å². The molecule has 1 amide bonds. The highest BCUT2D eigenvalue weighted by molar-refractivity contribution is 7.89. The van der Waals surface area contributed by atoms with Crippen molar-refractivity contribution < 1.29 is 45.7 Å². The largest absolute Gasteiger partial charge is 0.497 e.